The lowest BCUT2D eigenvalue weighted by Gasteiger charge is -2.29. The molecule has 0 spiro atoms. The van der Waals surface area contributed by atoms with E-state index in [0.29, 0.717) is 25.7 Å². The van der Waals surface area contributed by atoms with Gasteiger partial charge in [-0.25, -0.2) is 0 Å². The van der Waals surface area contributed by atoms with Gasteiger partial charge < -0.3 is 33.2 Å². The van der Waals surface area contributed by atoms with Gasteiger partial charge in [0.05, 0.1) is 19.8 Å². The number of hydrogen-bond donors (Lipinski definition) is 0. The van der Waals surface area contributed by atoms with Crippen LogP contribution in [0, 0.1) is 5.92 Å². The van der Waals surface area contributed by atoms with E-state index in [-0.39, 0.29) is 24.4 Å². The van der Waals surface area contributed by atoms with E-state index in [4.69, 9.17) is 33.2 Å². The fourth-order valence-electron chi connectivity index (χ4n) is 4.01. The Labute approximate surface area is 178 Å². The quantitative estimate of drug-likeness (QED) is 0.665. The zero-order chi connectivity index (χ0) is 21.5. The van der Waals surface area contributed by atoms with Crippen molar-refractivity contribution in [1.29, 1.82) is 0 Å². The third-order valence-corrected chi connectivity index (χ3v) is 5.37. The average Bonchev–Trinajstić information content (AvgIpc) is 3.28. The van der Waals surface area contributed by atoms with E-state index in [0.717, 1.165) is 11.3 Å². The van der Waals surface area contributed by atoms with E-state index in [1.807, 2.05) is 52.0 Å². The summed E-state index contributed by atoms with van der Waals surface area (Å²) in [7, 11) is 0. The van der Waals surface area contributed by atoms with Crippen LogP contribution in [0.15, 0.2) is 24.3 Å². The van der Waals surface area contributed by atoms with Crippen molar-refractivity contribution in [3.05, 3.63) is 29.8 Å². The first-order chi connectivity index (χ1) is 14.1. The van der Waals surface area contributed by atoms with Crippen molar-refractivity contribution < 1.29 is 33.2 Å². The highest BCUT2D eigenvalue weighted by atomic mass is 16.8. The maximum Gasteiger partial charge on any atom is 0.190 e. The molecular formula is C23H34O7. The number of fused-ring (bicyclic) bond motifs is 1. The lowest BCUT2D eigenvalue weighted by Crippen LogP contribution is -2.44. The van der Waals surface area contributed by atoms with Gasteiger partial charge in [0.2, 0.25) is 0 Å². The molecule has 7 heteroatoms. The van der Waals surface area contributed by atoms with Gasteiger partial charge in [0, 0.05) is 0 Å². The summed E-state index contributed by atoms with van der Waals surface area (Å²) >= 11 is 0. The van der Waals surface area contributed by atoms with E-state index in [1.165, 1.54) is 0 Å². The minimum absolute atomic E-state index is 0.238. The van der Waals surface area contributed by atoms with Gasteiger partial charge in [-0.1, -0.05) is 26.0 Å². The SMILES string of the molecule is CC(C)COc1ccc(CO[C@@H]2[C@H]3OC(C)(C)O[C@H]3O[C@@H]2[C@H]2COC(C)(C)O2)cc1. The van der Waals surface area contributed by atoms with Crippen molar-refractivity contribution in [2.75, 3.05) is 13.2 Å². The summed E-state index contributed by atoms with van der Waals surface area (Å²) in [6.07, 6.45) is -1.68. The van der Waals surface area contributed by atoms with Gasteiger partial charge in [-0.15, -0.1) is 0 Å². The molecular weight excluding hydrogens is 388 g/mol. The molecule has 0 saturated carbocycles. The van der Waals surface area contributed by atoms with Crippen molar-refractivity contribution in [2.24, 2.45) is 5.92 Å². The largest absolute Gasteiger partial charge is 0.493 e. The van der Waals surface area contributed by atoms with Gasteiger partial charge in [0.15, 0.2) is 17.9 Å². The molecule has 3 heterocycles. The first-order valence-corrected chi connectivity index (χ1v) is 10.8. The summed E-state index contributed by atoms with van der Waals surface area (Å²) in [6.45, 7) is 13.4. The minimum Gasteiger partial charge on any atom is -0.493 e. The van der Waals surface area contributed by atoms with Crippen molar-refractivity contribution >= 4 is 0 Å². The van der Waals surface area contributed by atoms with Crippen LogP contribution in [0.5, 0.6) is 5.75 Å². The van der Waals surface area contributed by atoms with Crippen LogP contribution in [-0.2, 0) is 35.0 Å². The van der Waals surface area contributed by atoms with Crippen LogP contribution >= 0.6 is 0 Å². The van der Waals surface area contributed by atoms with Crippen molar-refractivity contribution in [3.8, 4) is 5.75 Å². The second-order valence-corrected chi connectivity index (χ2v) is 9.56. The van der Waals surface area contributed by atoms with Gasteiger partial charge in [0.25, 0.3) is 0 Å². The summed E-state index contributed by atoms with van der Waals surface area (Å²) in [6, 6.07) is 7.99. The summed E-state index contributed by atoms with van der Waals surface area (Å²) in [4.78, 5) is 0. The monoisotopic (exact) mass is 422 g/mol. The zero-order valence-electron chi connectivity index (χ0n) is 18.8. The highest BCUT2D eigenvalue weighted by Gasteiger charge is 2.58. The zero-order valence-corrected chi connectivity index (χ0v) is 18.8. The highest BCUT2D eigenvalue weighted by Crippen LogP contribution is 2.42. The third-order valence-electron chi connectivity index (χ3n) is 5.37. The molecule has 168 valence electrons. The molecule has 1 aromatic rings. The Hall–Kier alpha value is -1.22. The second kappa shape index (κ2) is 8.37. The summed E-state index contributed by atoms with van der Waals surface area (Å²) in [5, 5.41) is 0. The molecule has 7 nitrogen and oxygen atoms in total. The fraction of sp³-hybridized carbons (Fsp3) is 0.739. The van der Waals surface area contributed by atoms with Gasteiger partial charge in [-0.05, 0) is 51.3 Å². The third kappa shape index (κ3) is 4.98. The molecule has 3 aliphatic heterocycles. The normalized spacial score (nSPS) is 34.4. The van der Waals surface area contributed by atoms with Gasteiger partial charge in [-0.3, -0.25) is 0 Å². The molecule has 0 amide bonds. The lowest BCUT2D eigenvalue weighted by atomic mass is 10.1. The molecule has 5 atom stereocenters. The number of hydrogen-bond acceptors (Lipinski definition) is 7. The second-order valence-electron chi connectivity index (χ2n) is 9.56. The molecule has 30 heavy (non-hydrogen) atoms. The number of rotatable bonds is 7. The van der Waals surface area contributed by atoms with E-state index in [2.05, 4.69) is 13.8 Å². The van der Waals surface area contributed by atoms with Crippen molar-refractivity contribution in [2.45, 2.75) is 90.4 Å². The molecule has 3 aliphatic rings. The topological polar surface area (TPSA) is 64.6 Å². The number of benzene rings is 1. The minimum atomic E-state index is -0.705. The van der Waals surface area contributed by atoms with E-state index in [9.17, 15) is 0 Å². The Bertz CT molecular complexity index is 715. The first kappa shape index (κ1) is 22.0. The van der Waals surface area contributed by atoms with Gasteiger partial charge in [-0.2, -0.15) is 0 Å². The van der Waals surface area contributed by atoms with Gasteiger partial charge in [0.1, 0.15) is 30.2 Å². The van der Waals surface area contributed by atoms with Crippen LogP contribution in [0.4, 0.5) is 0 Å². The Morgan fingerprint density at radius 1 is 0.967 bits per heavy atom. The molecule has 0 bridgehead atoms. The molecule has 0 unspecified atom stereocenters. The highest BCUT2D eigenvalue weighted by molar-refractivity contribution is 5.27. The summed E-state index contributed by atoms with van der Waals surface area (Å²) < 4.78 is 42.1. The average molecular weight is 423 g/mol. The molecule has 0 N–H and O–H groups in total. The fourth-order valence-corrected chi connectivity index (χ4v) is 4.01. The molecule has 0 radical (unpaired) electrons. The van der Waals surface area contributed by atoms with Crippen LogP contribution < -0.4 is 4.74 Å². The predicted octanol–water partition coefficient (Wildman–Crippen LogP) is 3.63. The Kier molecular flexibility index (Phi) is 6.14. The van der Waals surface area contributed by atoms with Crippen molar-refractivity contribution in [3.63, 3.8) is 0 Å². The maximum atomic E-state index is 6.32. The van der Waals surface area contributed by atoms with Crippen LogP contribution in [0.3, 0.4) is 0 Å². The molecule has 0 aliphatic carbocycles. The van der Waals surface area contributed by atoms with E-state index >= 15 is 0 Å². The number of ether oxygens (including phenoxy) is 7. The maximum absolute atomic E-state index is 6.32. The first-order valence-electron chi connectivity index (χ1n) is 10.8. The smallest absolute Gasteiger partial charge is 0.190 e. The van der Waals surface area contributed by atoms with Gasteiger partial charge >= 0.3 is 0 Å². The summed E-state index contributed by atoms with van der Waals surface area (Å²) in [5.74, 6) is 0.0136. The standard InChI is InChI=1S/C23H34O7/c1-14(2)11-24-16-9-7-15(8-10-16)12-25-19-18(17-13-26-22(3,4)28-17)27-21-20(19)29-23(5,6)30-21/h7-10,14,17-21H,11-13H2,1-6H3/t17-,18-,19+,20-,21-/m1/s1. The van der Waals surface area contributed by atoms with Crippen LogP contribution in [0.2, 0.25) is 0 Å². The van der Waals surface area contributed by atoms with Crippen LogP contribution in [-0.4, -0.2) is 55.5 Å². The summed E-state index contributed by atoms with van der Waals surface area (Å²) in [5.41, 5.74) is 1.05. The molecule has 4 rings (SSSR count). The molecule has 3 fully saturated rings. The Morgan fingerprint density at radius 3 is 2.33 bits per heavy atom. The van der Waals surface area contributed by atoms with Crippen LogP contribution in [0.25, 0.3) is 0 Å². The molecule has 0 aromatic heterocycles. The van der Waals surface area contributed by atoms with E-state index < -0.39 is 17.9 Å². The molecule has 1 aromatic carbocycles. The Balaban J connectivity index is 1.41. The van der Waals surface area contributed by atoms with Crippen LogP contribution in [0.1, 0.15) is 47.1 Å². The van der Waals surface area contributed by atoms with E-state index in [1.54, 1.807) is 0 Å². The molecule has 3 saturated heterocycles. The Morgan fingerprint density at radius 2 is 1.70 bits per heavy atom. The predicted molar refractivity (Wildman–Crippen MR) is 109 cm³/mol. The van der Waals surface area contributed by atoms with Crippen molar-refractivity contribution in [1.82, 2.24) is 0 Å². The lowest BCUT2D eigenvalue weighted by molar-refractivity contribution is -0.236.